The standard InChI is InChI=1S/C42H61N7O7.CH4/c1-30-26-32(27-31(2)39(30)51)28-37(56-42(54)48-18-13-35(14-19-48)49-20-10-33-8-5-6-9-36(33)43-41(49)53)40(52)47-16-11-34(12-17-47)46-23-21-45(22-24-46)29-38(50)55-25-7-15-44(3)4;/h5-6,8-9,26-27,34-35,37,51H,7,10-25,28-29H2,1-4H3,(H,43,53);1H4/t37-;/m1./s1. The summed E-state index contributed by atoms with van der Waals surface area (Å²) >= 11 is 0. The number of aryl methyl sites for hydroxylation is 2. The van der Waals surface area contributed by atoms with Crippen LogP contribution in [0.4, 0.5) is 15.3 Å². The second-order valence-electron chi connectivity index (χ2n) is 16.1. The first-order valence-electron chi connectivity index (χ1n) is 20.4. The molecule has 4 aliphatic rings. The fraction of sp³-hybridized carbons (Fsp3) is 0.628. The number of nitrogens with zero attached hydrogens (tertiary/aromatic N) is 6. The summed E-state index contributed by atoms with van der Waals surface area (Å²) < 4.78 is 11.5. The third-order valence-corrected chi connectivity index (χ3v) is 11.9. The number of para-hydroxylation sites is 1. The maximum absolute atomic E-state index is 14.2. The Hall–Kier alpha value is -4.40. The zero-order valence-electron chi connectivity index (χ0n) is 33.7. The lowest BCUT2D eigenvalue weighted by Gasteiger charge is -2.43. The fourth-order valence-corrected chi connectivity index (χ4v) is 8.59. The summed E-state index contributed by atoms with van der Waals surface area (Å²) in [6.45, 7) is 11.2. The second-order valence-corrected chi connectivity index (χ2v) is 16.1. The average molecular weight is 792 g/mol. The molecule has 4 aliphatic heterocycles. The lowest BCUT2D eigenvalue weighted by molar-refractivity contribution is -0.145. The van der Waals surface area contributed by atoms with Crippen molar-refractivity contribution in [3.05, 3.63) is 58.7 Å². The van der Waals surface area contributed by atoms with Gasteiger partial charge in [0, 0.05) is 89.6 Å². The van der Waals surface area contributed by atoms with Crippen LogP contribution >= 0.6 is 0 Å². The van der Waals surface area contributed by atoms with Crippen molar-refractivity contribution < 1.29 is 33.8 Å². The van der Waals surface area contributed by atoms with Crippen molar-refractivity contribution >= 4 is 29.7 Å². The molecule has 2 aromatic rings. The molecular weight excluding hydrogens is 727 g/mol. The summed E-state index contributed by atoms with van der Waals surface area (Å²) in [5.74, 6) is -0.156. The number of esters is 1. The number of hydrogen-bond donors (Lipinski definition) is 2. The highest BCUT2D eigenvalue weighted by molar-refractivity contribution is 5.91. The Morgan fingerprint density at radius 2 is 1.51 bits per heavy atom. The molecular formula is C43H65N7O7. The molecule has 4 amide bonds. The lowest BCUT2D eigenvalue weighted by Crippen LogP contribution is -2.55. The number of nitrogens with one attached hydrogen (secondary N) is 1. The van der Waals surface area contributed by atoms with Crippen LogP contribution in [0.2, 0.25) is 0 Å². The zero-order chi connectivity index (χ0) is 39.8. The molecule has 57 heavy (non-hydrogen) atoms. The molecule has 6 rings (SSSR count). The van der Waals surface area contributed by atoms with E-state index in [1.165, 1.54) is 0 Å². The molecule has 4 heterocycles. The predicted molar refractivity (Wildman–Crippen MR) is 220 cm³/mol. The van der Waals surface area contributed by atoms with Gasteiger partial charge in [0.05, 0.1) is 13.2 Å². The van der Waals surface area contributed by atoms with E-state index in [1.54, 1.807) is 4.90 Å². The van der Waals surface area contributed by atoms with Crippen LogP contribution in [0.15, 0.2) is 36.4 Å². The van der Waals surface area contributed by atoms with Crippen LogP contribution in [0.5, 0.6) is 5.75 Å². The van der Waals surface area contributed by atoms with Gasteiger partial charge in [0.15, 0.2) is 6.10 Å². The summed E-state index contributed by atoms with van der Waals surface area (Å²) in [6, 6.07) is 11.8. The number of carbonyl (C=O) groups excluding carboxylic acids is 4. The van der Waals surface area contributed by atoms with Gasteiger partial charge >= 0.3 is 18.1 Å². The Bertz CT molecular complexity index is 1660. The van der Waals surface area contributed by atoms with Gasteiger partial charge in [0.2, 0.25) is 0 Å². The molecule has 0 bridgehead atoms. The predicted octanol–water partition coefficient (Wildman–Crippen LogP) is 4.35. The Morgan fingerprint density at radius 1 is 0.877 bits per heavy atom. The molecule has 0 unspecified atom stereocenters. The van der Waals surface area contributed by atoms with E-state index in [1.807, 2.05) is 74.1 Å². The number of fused-ring (bicyclic) bond motifs is 1. The highest BCUT2D eigenvalue weighted by atomic mass is 16.6. The maximum Gasteiger partial charge on any atom is 0.410 e. The number of anilines is 1. The van der Waals surface area contributed by atoms with Gasteiger partial charge in [-0.05, 0) is 94.8 Å². The number of benzene rings is 2. The van der Waals surface area contributed by atoms with Gasteiger partial charge in [-0.25, -0.2) is 9.59 Å². The van der Waals surface area contributed by atoms with Gasteiger partial charge < -0.3 is 39.5 Å². The number of likely N-dealkylation sites (tertiary alicyclic amines) is 2. The van der Waals surface area contributed by atoms with Gasteiger partial charge in [-0.2, -0.15) is 0 Å². The van der Waals surface area contributed by atoms with E-state index in [-0.39, 0.29) is 43.5 Å². The van der Waals surface area contributed by atoms with Crippen molar-refractivity contribution in [2.75, 3.05) is 98.0 Å². The molecule has 14 heteroatoms. The van der Waals surface area contributed by atoms with Crippen molar-refractivity contribution in [3.63, 3.8) is 0 Å². The van der Waals surface area contributed by atoms with Crippen LogP contribution in [0, 0.1) is 13.8 Å². The smallest absolute Gasteiger partial charge is 0.410 e. The molecule has 3 saturated heterocycles. The van der Waals surface area contributed by atoms with Crippen molar-refractivity contribution in [2.45, 2.75) is 84.4 Å². The Labute approximate surface area is 339 Å². The van der Waals surface area contributed by atoms with Crippen molar-refractivity contribution in [1.82, 2.24) is 29.4 Å². The summed E-state index contributed by atoms with van der Waals surface area (Å²) in [6.07, 6.45) is 3.14. The quantitative estimate of drug-likeness (QED) is 0.236. The molecule has 1 atom stereocenters. The fourth-order valence-electron chi connectivity index (χ4n) is 8.59. The van der Waals surface area contributed by atoms with E-state index in [4.69, 9.17) is 9.47 Å². The van der Waals surface area contributed by atoms with Crippen LogP contribution in [0.1, 0.15) is 61.8 Å². The van der Waals surface area contributed by atoms with E-state index in [9.17, 15) is 24.3 Å². The number of phenolic OH excluding ortho intramolecular Hbond substituents is 1. The van der Waals surface area contributed by atoms with Crippen LogP contribution < -0.4 is 5.32 Å². The van der Waals surface area contributed by atoms with Gasteiger partial charge in [-0.1, -0.05) is 37.8 Å². The van der Waals surface area contributed by atoms with Crippen LogP contribution in [-0.4, -0.2) is 169 Å². The van der Waals surface area contributed by atoms with Crippen LogP contribution in [0.3, 0.4) is 0 Å². The van der Waals surface area contributed by atoms with E-state index >= 15 is 0 Å². The second kappa shape index (κ2) is 20.3. The molecule has 14 nitrogen and oxygen atoms in total. The minimum absolute atomic E-state index is 0. The molecule has 0 aromatic heterocycles. The number of carbonyl (C=O) groups is 4. The Morgan fingerprint density at radius 3 is 2.18 bits per heavy atom. The van der Waals surface area contributed by atoms with Crippen LogP contribution in [-0.2, 0) is 31.9 Å². The van der Waals surface area contributed by atoms with Gasteiger partial charge in [0.1, 0.15) is 5.75 Å². The number of aromatic hydroxyl groups is 1. The summed E-state index contributed by atoms with van der Waals surface area (Å²) in [5.41, 5.74) is 4.20. The van der Waals surface area contributed by atoms with E-state index in [2.05, 4.69) is 20.0 Å². The molecule has 0 spiro atoms. The number of hydrogen-bond acceptors (Lipinski definition) is 10. The van der Waals surface area contributed by atoms with Crippen molar-refractivity contribution in [2.24, 2.45) is 0 Å². The van der Waals surface area contributed by atoms with Gasteiger partial charge in [-0.3, -0.25) is 19.4 Å². The monoisotopic (exact) mass is 791 g/mol. The highest BCUT2D eigenvalue weighted by Crippen LogP contribution is 2.28. The topological polar surface area (TPSA) is 138 Å². The number of ether oxygens (including phenoxy) is 2. The number of piperidine rings is 2. The Kier molecular flexibility index (Phi) is 15.6. The van der Waals surface area contributed by atoms with E-state index < -0.39 is 12.2 Å². The van der Waals surface area contributed by atoms with Crippen molar-refractivity contribution in [1.29, 1.82) is 0 Å². The lowest BCUT2D eigenvalue weighted by atomic mass is 9.98. The third-order valence-electron chi connectivity index (χ3n) is 11.9. The summed E-state index contributed by atoms with van der Waals surface area (Å²) in [7, 11) is 4.01. The highest BCUT2D eigenvalue weighted by Gasteiger charge is 2.37. The number of rotatable bonds is 12. The summed E-state index contributed by atoms with van der Waals surface area (Å²) in [4.78, 5) is 65.5. The first-order chi connectivity index (χ1) is 26.9. The molecule has 0 saturated carbocycles. The molecule has 314 valence electrons. The van der Waals surface area contributed by atoms with Crippen molar-refractivity contribution in [3.8, 4) is 5.75 Å². The van der Waals surface area contributed by atoms with E-state index in [0.717, 1.165) is 75.2 Å². The first kappa shape index (κ1) is 43.7. The zero-order valence-corrected chi connectivity index (χ0v) is 33.7. The number of amides is 4. The number of urea groups is 1. The van der Waals surface area contributed by atoms with E-state index in [0.29, 0.717) is 75.9 Å². The summed E-state index contributed by atoms with van der Waals surface area (Å²) in [5, 5.41) is 13.5. The van der Waals surface area contributed by atoms with Gasteiger partial charge in [-0.15, -0.1) is 0 Å². The first-order valence-corrected chi connectivity index (χ1v) is 20.4. The molecule has 2 aromatic carbocycles. The number of piperazine rings is 1. The average Bonchev–Trinajstić information content (AvgIpc) is 3.36. The molecule has 0 aliphatic carbocycles. The minimum atomic E-state index is -1.01. The molecule has 3 fully saturated rings. The normalized spacial score (nSPS) is 19.3. The largest absolute Gasteiger partial charge is 0.507 e. The number of phenols is 1. The molecule has 2 N–H and O–H groups in total. The van der Waals surface area contributed by atoms with Crippen LogP contribution in [0.25, 0.3) is 0 Å². The van der Waals surface area contributed by atoms with Gasteiger partial charge in [0.25, 0.3) is 5.91 Å². The Balaban J connectivity index is 0.00000620. The molecule has 0 radical (unpaired) electrons. The third kappa shape index (κ3) is 11.6. The minimum Gasteiger partial charge on any atom is -0.507 e. The SMILES string of the molecule is C.Cc1cc(C[C@@H](OC(=O)N2CCC(N3CCc4ccccc4NC3=O)CC2)C(=O)N2CCC(N3CCN(CC(=O)OCCCN(C)C)CC3)CC2)cc(C)c1O. The maximum atomic E-state index is 14.2.